The molecule has 3 nitrogen and oxygen atoms in total. The molecule has 0 aliphatic carbocycles. The number of hydrogen-bond donors (Lipinski definition) is 1. The van der Waals surface area contributed by atoms with Crippen LogP contribution < -0.4 is 5.32 Å². The third-order valence-corrected chi connectivity index (χ3v) is 4.48. The van der Waals surface area contributed by atoms with Gasteiger partial charge in [0.25, 0.3) is 0 Å². The highest BCUT2D eigenvalue weighted by Gasteiger charge is 2.11. The van der Waals surface area contributed by atoms with Crippen LogP contribution in [-0.2, 0) is 17.7 Å². The lowest BCUT2D eigenvalue weighted by Gasteiger charge is -2.03. The van der Waals surface area contributed by atoms with Crippen molar-refractivity contribution in [1.82, 2.24) is 10.3 Å². The van der Waals surface area contributed by atoms with Crippen LogP contribution in [0.15, 0.2) is 24.3 Å². The van der Waals surface area contributed by atoms with E-state index in [2.05, 4.69) is 43.4 Å². The second kappa shape index (κ2) is 8.27. The van der Waals surface area contributed by atoms with Crippen molar-refractivity contribution in [1.29, 1.82) is 0 Å². The Morgan fingerprint density at radius 3 is 2.67 bits per heavy atom. The number of rotatable bonds is 8. The summed E-state index contributed by atoms with van der Waals surface area (Å²) in [5, 5.41) is 4.55. The third kappa shape index (κ3) is 4.63. The summed E-state index contributed by atoms with van der Waals surface area (Å²) in [5.41, 5.74) is 3.74. The highest BCUT2D eigenvalue weighted by atomic mass is 32.1. The molecule has 1 aromatic carbocycles. The van der Waals surface area contributed by atoms with Gasteiger partial charge in [-0.25, -0.2) is 4.98 Å². The molecule has 1 heterocycles. The largest absolute Gasteiger partial charge is 0.383 e. The Bertz CT molecular complexity index is 548. The standard InChI is InChI=1S/C17H24N2OS/c1-4-5-15-16(12-18-10-11-20-3)21-17(19-15)14-8-6-13(2)7-9-14/h6-9,18H,4-5,10-12H2,1-3H3. The lowest BCUT2D eigenvalue weighted by molar-refractivity contribution is 0.199. The van der Waals surface area contributed by atoms with Gasteiger partial charge in [0.15, 0.2) is 0 Å². The summed E-state index contributed by atoms with van der Waals surface area (Å²) >= 11 is 1.80. The van der Waals surface area contributed by atoms with Crippen molar-refractivity contribution in [3.05, 3.63) is 40.4 Å². The van der Waals surface area contributed by atoms with Crippen molar-refractivity contribution in [3.8, 4) is 10.6 Å². The number of benzene rings is 1. The molecule has 4 heteroatoms. The van der Waals surface area contributed by atoms with Crippen LogP contribution in [0.1, 0.15) is 29.5 Å². The van der Waals surface area contributed by atoms with E-state index in [1.54, 1.807) is 18.4 Å². The second-order valence-corrected chi connectivity index (χ2v) is 6.26. The van der Waals surface area contributed by atoms with E-state index in [0.717, 1.165) is 37.5 Å². The molecule has 1 N–H and O–H groups in total. The molecule has 0 aliphatic heterocycles. The van der Waals surface area contributed by atoms with Crippen LogP contribution in [0.5, 0.6) is 0 Å². The first-order chi connectivity index (χ1) is 10.2. The molecule has 0 amide bonds. The van der Waals surface area contributed by atoms with E-state index in [9.17, 15) is 0 Å². The predicted octanol–water partition coefficient (Wildman–Crippen LogP) is 3.81. The number of ether oxygens (including phenoxy) is 1. The first-order valence-electron chi connectivity index (χ1n) is 7.50. The zero-order chi connectivity index (χ0) is 15.1. The highest BCUT2D eigenvalue weighted by Crippen LogP contribution is 2.29. The Labute approximate surface area is 131 Å². The summed E-state index contributed by atoms with van der Waals surface area (Å²) in [6, 6.07) is 8.61. The van der Waals surface area contributed by atoms with Gasteiger partial charge < -0.3 is 10.1 Å². The fourth-order valence-corrected chi connectivity index (χ4v) is 3.23. The summed E-state index contributed by atoms with van der Waals surface area (Å²) in [4.78, 5) is 6.20. The van der Waals surface area contributed by atoms with E-state index in [1.165, 1.54) is 21.7 Å². The molecule has 0 saturated heterocycles. The van der Waals surface area contributed by atoms with E-state index in [-0.39, 0.29) is 0 Å². The second-order valence-electron chi connectivity index (χ2n) is 5.17. The van der Waals surface area contributed by atoms with Crippen LogP contribution in [0.4, 0.5) is 0 Å². The quantitative estimate of drug-likeness (QED) is 0.753. The molecule has 0 radical (unpaired) electrons. The average Bonchev–Trinajstić information content (AvgIpc) is 2.88. The number of aryl methyl sites for hydroxylation is 2. The molecule has 1 aromatic heterocycles. The number of thiazole rings is 1. The first kappa shape index (κ1) is 16.1. The molecule has 0 unspecified atom stereocenters. The Morgan fingerprint density at radius 2 is 2.00 bits per heavy atom. The third-order valence-electron chi connectivity index (χ3n) is 3.33. The van der Waals surface area contributed by atoms with E-state index in [1.807, 2.05) is 0 Å². The summed E-state index contributed by atoms with van der Waals surface area (Å²) in [5.74, 6) is 0. The molecule has 0 spiro atoms. The minimum absolute atomic E-state index is 0.743. The maximum Gasteiger partial charge on any atom is 0.123 e. The molecule has 0 saturated carbocycles. The van der Waals surface area contributed by atoms with Crippen molar-refractivity contribution < 1.29 is 4.74 Å². The van der Waals surface area contributed by atoms with Gasteiger partial charge in [0.1, 0.15) is 5.01 Å². The van der Waals surface area contributed by atoms with Crippen LogP contribution >= 0.6 is 11.3 Å². The molecule has 2 rings (SSSR count). The molecule has 21 heavy (non-hydrogen) atoms. The van der Waals surface area contributed by atoms with Gasteiger partial charge in [-0.2, -0.15) is 0 Å². The maximum atomic E-state index is 5.07. The lowest BCUT2D eigenvalue weighted by Crippen LogP contribution is -2.18. The van der Waals surface area contributed by atoms with E-state index in [4.69, 9.17) is 9.72 Å². The first-order valence-corrected chi connectivity index (χ1v) is 8.31. The normalized spacial score (nSPS) is 11.0. The van der Waals surface area contributed by atoms with E-state index >= 15 is 0 Å². The van der Waals surface area contributed by atoms with Gasteiger partial charge in [-0.15, -0.1) is 11.3 Å². The van der Waals surface area contributed by atoms with Crippen molar-refractivity contribution >= 4 is 11.3 Å². The van der Waals surface area contributed by atoms with Crippen LogP contribution in [0.25, 0.3) is 10.6 Å². The average molecular weight is 304 g/mol. The van der Waals surface area contributed by atoms with E-state index < -0.39 is 0 Å². The Kier molecular flexibility index (Phi) is 6.36. The molecule has 0 fully saturated rings. The highest BCUT2D eigenvalue weighted by molar-refractivity contribution is 7.15. The molecule has 0 aliphatic rings. The number of aromatic nitrogens is 1. The Morgan fingerprint density at radius 1 is 1.24 bits per heavy atom. The molecular weight excluding hydrogens is 280 g/mol. The number of hydrogen-bond acceptors (Lipinski definition) is 4. The molecule has 2 aromatic rings. The van der Waals surface area contributed by atoms with E-state index in [0.29, 0.717) is 0 Å². The fraction of sp³-hybridized carbons (Fsp3) is 0.471. The molecule has 0 atom stereocenters. The zero-order valence-electron chi connectivity index (χ0n) is 13.1. The van der Waals surface area contributed by atoms with Crippen molar-refractivity contribution in [2.24, 2.45) is 0 Å². The zero-order valence-corrected chi connectivity index (χ0v) is 13.9. The summed E-state index contributed by atoms with van der Waals surface area (Å²) in [6.45, 7) is 6.81. The topological polar surface area (TPSA) is 34.2 Å². The van der Waals surface area contributed by atoms with Crippen LogP contribution in [-0.4, -0.2) is 25.2 Å². The lowest BCUT2D eigenvalue weighted by atomic mass is 10.1. The predicted molar refractivity (Wildman–Crippen MR) is 89.9 cm³/mol. The summed E-state index contributed by atoms with van der Waals surface area (Å²) < 4.78 is 5.07. The minimum Gasteiger partial charge on any atom is -0.383 e. The minimum atomic E-state index is 0.743. The number of methoxy groups -OCH3 is 1. The van der Waals surface area contributed by atoms with Gasteiger partial charge in [0, 0.05) is 30.6 Å². The van der Waals surface area contributed by atoms with Gasteiger partial charge in [0.2, 0.25) is 0 Å². The van der Waals surface area contributed by atoms with Crippen molar-refractivity contribution in [3.63, 3.8) is 0 Å². The Balaban J connectivity index is 2.13. The fourth-order valence-electron chi connectivity index (χ4n) is 2.15. The SMILES string of the molecule is CCCc1nc(-c2ccc(C)cc2)sc1CNCCOC. The number of nitrogens with zero attached hydrogens (tertiary/aromatic N) is 1. The van der Waals surface area contributed by atoms with Crippen molar-refractivity contribution in [2.75, 3.05) is 20.3 Å². The van der Waals surface area contributed by atoms with Gasteiger partial charge in [-0.05, 0) is 13.3 Å². The van der Waals surface area contributed by atoms with Crippen LogP contribution in [0.3, 0.4) is 0 Å². The summed E-state index contributed by atoms with van der Waals surface area (Å²) in [6.07, 6.45) is 2.17. The van der Waals surface area contributed by atoms with Gasteiger partial charge in [-0.1, -0.05) is 43.2 Å². The summed E-state index contributed by atoms with van der Waals surface area (Å²) in [7, 11) is 1.73. The monoisotopic (exact) mass is 304 g/mol. The number of nitrogens with one attached hydrogen (secondary N) is 1. The maximum absolute atomic E-state index is 5.07. The molecular formula is C17H24N2OS. The van der Waals surface area contributed by atoms with Gasteiger partial charge in [0.05, 0.1) is 12.3 Å². The van der Waals surface area contributed by atoms with Crippen LogP contribution in [0.2, 0.25) is 0 Å². The smallest absolute Gasteiger partial charge is 0.123 e. The Hall–Kier alpha value is -1.23. The van der Waals surface area contributed by atoms with Gasteiger partial charge in [-0.3, -0.25) is 0 Å². The molecule has 114 valence electrons. The van der Waals surface area contributed by atoms with Crippen LogP contribution in [0, 0.1) is 6.92 Å². The molecule has 0 bridgehead atoms. The van der Waals surface area contributed by atoms with Crippen molar-refractivity contribution in [2.45, 2.75) is 33.2 Å². The van der Waals surface area contributed by atoms with Gasteiger partial charge >= 0.3 is 0 Å².